The van der Waals surface area contributed by atoms with Crippen molar-refractivity contribution in [2.24, 2.45) is 5.92 Å². The molecule has 4 aromatic carbocycles. The zero-order valence-corrected chi connectivity index (χ0v) is 23.3. The Morgan fingerprint density at radius 2 is 1.35 bits per heavy atom. The minimum absolute atomic E-state index is 0.214. The van der Waals surface area contributed by atoms with Gasteiger partial charge in [-0.1, -0.05) is 97.1 Å². The highest BCUT2D eigenvalue weighted by Gasteiger charge is 2.44. The number of hydrogen-bond donors (Lipinski definition) is 0. The summed E-state index contributed by atoms with van der Waals surface area (Å²) in [6.45, 7) is 0.997. The Morgan fingerprint density at radius 3 is 1.95 bits per heavy atom. The average molecular weight is 577 g/mol. The van der Waals surface area contributed by atoms with E-state index < -0.39 is 23.7 Å². The maximum absolute atomic E-state index is 12.3. The minimum atomic E-state index is -4.97. The molecule has 2 heterocycles. The van der Waals surface area contributed by atoms with E-state index in [1.807, 2.05) is 24.4 Å². The second kappa shape index (κ2) is 12.8. The lowest BCUT2D eigenvalue weighted by atomic mass is 9.91. The van der Waals surface area contributed by atoms with Gasteiger partial charge >= 0.3 is 6.18 Å². The maximum atomic E-state index is 12.3. The van der Waals surface area contributed by atoms with Crippen molar-refractivity contribution in [2.45, 2.75) is 19.5 Å². The van der Waals surface area contributed by atoms with E-state index >= 15 is 0 Å². The highest BCUT2D eigenvalue weighted by atomic mass is 19.4. The Kier molecular flexibility index (Phi) is 8.71. The number of alkyl halides is 3. The zero-order valence-electron chi connectivity index (χ0n) is 23.3. The van der Waals surface area contributed by atoms with Crippen molar-refractivity contribution in [1.29, 1.82) is 0 Å². The lowest BCUT2D eigenvalue weighted by Gasteiger charge is -2.14. The Balaban J connectivity index is 0.000000189. The largest absolute Gasteiger partial charge is 0.450 e. The number of aromatic nitrogens is 2. The summed E-state index contributed by atoms with van der Waals surface area (Å²) in [5, 5.41) is 2.21. The van der Waals surface area contributed by atoms with E-state index in [4.69, 9.17) is 4.98 Å². The summed E-state index contributed by atoms with van der Waals surface area (Å²) in [7, 11) is 0. The van der Waals surface area contributed by atoms with Gasteiger partial charge in [0, 0.05) is 28.1 Å². The molecule has 0 saturated heterocycles. The van der Waals surface area contributed by atoms with Crippen LogP contribution in [-0.4, -0.2) is 27.7 Å². The Labute approximate surface area is 246 Å². The van der Waals surface area contributed by atoms with Crippen molar-refractivity contribution in [3.8, 4) is 22.4 Å². The van der Waals surface area contributed by atoms with E-state index in [0.717, 1.165) is 45.6 Å². The fourth-order valence-corrected chi connectivity index (χ4v) is 4.91. The van der Waals surface area contributed by atoms with Gasteiger partial charge in [-0.2, -0.15) is 13.2 Å². The van der Waals surface area contributed by atoms with Crippen LogP contribution in [0.25, 0.3) is 44.2 Å². The fraction of sp³-hybridized carbons (Fsp3) is 0.111. The summed E-state index contributed by atoms with van der Waals surface area (Å²) < 4.78 is 36.8. The van der Waals surface area contributed by atoms with Gasteiger partial charge in [-0.3, -0.25) is 14.6 Å². The minimum Gasteiger partial charge on any atom is -0.299 e. The summed E-state index contributed by atoms with van der Waals surface area (Å²) in [6, 6.07) is 39.5. The molecule has 1 unspecified atom stereocenters. The maximum Gasteiger partial charge on any atom is 0.450 e. The predicted octanol–water partition coefficient (Wildman–Crippen LogP) is 8.68. The second-order valence-corrected chi connectivity index (χ2v) is 10.0. The molecule has 4 nitrogen and oxygen atoms in total. The van der Waals surface area contributed by atoms with Crippen LogP contribution in [0, 0.1) is 5.92 Å². The van der Waals surface area contributed by atoms with Crippen LogP contribution >= 0.6 is 0 Å². The zero-order chi connectivity index (χ0) is 30.4. The molecule has 7 heteroatoms. The molecule has 0 N–H and O–H groups in total. The third-order valence-corrected chi connectivity index (χ3v) is 7.07. The van der Waals surface area contributed by atoms with Crippen molar-refractivity contribution in [2.75, 3.05) is 0 Å². The molecule has 1 atom stereocenters. The van der Waals surface area contributed by atoms with Crippen molar-refractivity contribution in [3.05, 3.63) is 133 Å². The van der Waals surface area contributed by atoms with Crippen LogP contribution in [0.3, 0.4) is 0 Å². The predicted molar refractivity (Wildman–Crippen MR) is 163 cm³/mol. The number of halogens is 3. The van der Waals surface area contributed by atoms with Crippen molar-refractivity contribution >= 4 is 33.4 Å². The molecule has 0 amide bonds. The first-order valence-electron chi connectivity index (χ1n) is 13.7. The molecular weight excluding hydrogens is 549 g/mol. The highest BCUT2D eigenvalue weighted by molar-refractivity contribution is 6.06. The number of carbonyl (C=O) groups is 2. The van der Waals surface area contributed by atoms with Crippen molar-refractivity contribution in [3.63, 3.8) is 0 Å². The molecule has 2 aromatic heterocycles. The van der Waals surface area contributed by atoms with Gasteiger partial charge in [-0.25, -0.2) is 4.98 Å². The molecule has 214 valence electrons. The van der Waals surface area contributed by atoms with Gasteiger partial charge in [-0.05, 0) is 48.7 Å². The van der Waals surface area contributed by atoms with Crippen molar-refractivity contribution in [1.82, 2.24) is 9.97 Å². The SMILES string of the molecule is CC(=O)C(Cc1ccccc1)C(=O)C(F)(F)F.c1ccc(-c2cc3ccc4ncccc4c3nc2-c2ccccc2)cc1. The van der Waals surface area contributed by atoms with Crippen LogP contribution in [-0.2, 0) is 16.0 Å². The first-order valence-corrected chi connectivity index (χ1v) is 13.7. The third kappa shape index (κ3) is 6.84. The standard InChI is InChI=1S/C24H16N2.C12H11F3O2/c1-3-8-17(9-4-1)21-16-19-13-14-22-20(12-7-15-25-22)24(19)26-23(21)18-10-5-2-6-11-18;1-8(16)10(11(17)12(13,14)15)7-9-5-3-2-4-6-9/h1-16H;2-6,10H,7H2,1H3. The lowest BCUT2D eigenvalue weighted by Crippen LogP contribution is -2.35. The van der Waals surface area contributed by atoms with Crippen LogP contribution in [0.15, 0.2) is 128 Å². The number of rotatable bonds is 6. The molecule has 6 rings (SSSR count). The molecule has 43 heavy (non-hydrogen) atoms. The lowest BCUT2D eigenvalue weighted by molar-refractivity contribution is -0.176. The summed E-state index contributed by atoms with van der Waals surface area (Å²) in [5.74, 6) is -4.39. The number of nitrogens with zero attached hydrogens (tertiary/aromatic N) is 2. The molecule has 0 aliphatic rings. The van der Waals surface area contributed by atoms with Gasteiger partial charge in [0.1, 0.15) is 5.78 Å². The first kappa shape index (κ1) is 29.3. The van der Waals surface area contributed by atoms with E-state index in [1.54, 1.807) is 30.3 Å². The van der Waals surface area contributed by atoms with Crippen molar-refractivity contribution < 1.29 is 22.8 Å². The van der Waals surface area contributed by atoms with E-state index in [2.05, 4.69) is 77.8 Å². The molecule has 0 fully saturated rings. The van der Waals surface area contributed by atoms with Crippen LogP contribution < -0.4 is 0 Å². The van der Waals surface area contributed by atoms with Crippen LogP contribution in [0.1, 0.15) is 12.5 Å². The van der Waals surface area contributed by atoms with Gasteiger partial charge in [-0.15, -0.1) is 0 Å². The Hall–Kier alpha value is -5.17. The smallest absolute Gasteiger partial charge is 0.299 e. The quantitative estimate of drug-likeness (QED) is 0.147. The van der Waals surface area contributed by atoms with Gasteiger partial charge in [0.25, 0.3) is 0 Å². The van der Waals surface area contributed by atoms with Crippen LogP contribution in [0.5, 0.6) is 0 Å². The molecule has 0 saturated carbocycles. The van der Waals surface area contributed by atoms with E-state index in [1.165, 1.54) is 5.56 Å². The number of benzene rings is 4. The molecule has 0 aliphatic heterocycles. The average Bonchev–Trinajstić information content (AvgIpc) is 3.03. The first-order chi connectivity index (χ1) is 20.7. The van der Waals surface area contributed by atoms with E-state index in [0.29, 0.717) is 5.56 Å². The molecular formula is C36H27F3N2O2. The summed E-state index contributed by atoms with van der Waals surface area (Å²) in [6.07, 6.45) is -3.36. The fourth-order valence-electron chi connectivity index (χ4n) is 4.91. The third-order valence-electron chi connectivity index (χ3n) is 7.07. The van der Waals surface area contributed by atoms with Gasteiger partial charge < -0.3 is 0 Å². The summed E-state index contributed by atoms with van der Waals surface area (Å²) in [4.78, 5) is 31.8. The van der Waals surface area contributed by atoms with Gasteiger partial charge in [0.05, 0.1) is 22.6 Å². The number of hydrogen-bond acceptors (Lipinski definition) is 4. The number of carbonyl (C=O) groups excluding carboxylic acids is 2. The molecule has 6 aromatic rings. The topological polar surface area (TPSA) is 59.9 Å². The monoisotopic (exact) mass is 576 g/mol. The normalized spacial score (nSPS) is 11.9. The molecule has 0 bridgehead atoms. The van der Waals surface area contributed by atoms with Gasteiger partial charge in [0.2, 0.25) is 5.78 Å². The van der Waals surface area contributed by atoms with Crippen LogP contribution in [0.4, 0.5) is 13.2 Å². The highest BCUT2D eigenvalue weighted by Crippen LogP contribution is 2.35. The second-order valence-electron chi connectivity index (χ2n) is 10.0. The molecule has 0 aliphatic carbocycles. The number of Topliss-reactive ketones (excluding diaryl/α,β-unsaturated/α-hetero) is 2. The number of ketones is 2. The molecule has 0 radical (unpaired) electrons. The molecule has 0 spiro atoms. The Bertz CT molecular complexity index is 1870. The van der Waals surface area contributed by atoms with Gasteiger partial charge in [0.15, 0.2) is 0 Å². The Morgan fingerprint density at radius 1 is 0.744 bits per heavy atom. The number of fused-ring (bicyclic) bond motifs is 3. The number of pyridine rings is 2. The summed E-state index contributed by atoms with van der Waals surface area (Å²) >= 11 is 0. The van der Waals surface area contributed by atoms with E-state index in [9.17, 15) is 22.8 Å². The summed E-state index contributed by atoms with van der Waals surface area (Å²) in [5.41, 5.74) is 6.94. The van der Waals surface area contributed by atoms with Crippen LogP contribution in [0.2, 0.25) is 0 Å². The van der Waals surface area contributed by atoms with E-state index in [-0.39, 0.29) is 6.42 Å².